The van der Waals surface area contributed by atoms with E-state index in [1.165, 1.54) is 0 Å². The lowest BCUT2D eigenvalue weighted by atomic mass is 10.0. The fourth-order valence-electron chi connectivity index (χ4n) is 1.37. The summed E-state index contributed by atoms with van der Waals surface area (Å²) in [5, 5.41) is 0.362. The van der Waals surface area contributed by atoms with E-state index in [1.807, 2.05) is 30.3 Å². The zero-order chi connectivity index (χ0) is 9.97. The minimum atomic E-state index is -0.220. The third-order valence-electron chi connectivity index (χ3n) is 2.14. The Balaban J connectivity index is 2.34. The van der Waals surface area contributed by atoms with Crippen LogP contribution in [0.5, 0.6) is 0 Å². The van der Waals surface area contributed by atoms with Crippen LogP contribution in [-0.4, -0.2) is 0 Å². The van der Waals surface area contributed by atoms with E-state index < -0.39 is 0 Å². The Bertz CT molecular complexity index is 410. The fourth-order valence-corrected chi connectivity index (χ4v) is 1.60. The van der Waals surface area contributed by atoms with E-state index in [2.05, 4.69) is 0 Å². The maximum atomic E-state index is 6.02. The van der Waals surface area contributed by atoms with Crippen molar-refractivity contribution in [1.82, 2.24) is 0 Å². The van der Waals surface area contributed by atoms with Crippen LogP contribution in [0.15, 0.2) is 47.1 Å². The van der Waals surface area contributed by atoms with Crippen LogP contribution >= 0.6 is 11.6 Å². The smallest absolute Gasteiger partial charge is 0.198 e. The van der Waals surface area contributed by atoms with Crippen molar-refractivity contribution in [2.45, 2.75) is 6.04 Å². The quantitative estimate of drug-likeness (QED) is 0.823. The van der Waals surface area contributed by atoms with E-state index >= 15 is 0 Å². The van der Waals surface area contributed by atoms with Crippen molar-refractivity contribution >= 4 is 11.6 Å². The van der Waals surface area contributed by atoms with Gasteiger partial charge >= 0.3 is 0 Å². The Labute approximate surface area is 87.3 Å². The Morgan fingerprint density at radius 3 is 2.43 bits per heavy atom. The summed E-state index contributed by atoms with van der Waals surface area (Å²) in [5.74, 6) is 0. The molecule has 0 saturated heterocycles. The average Bonchev–Trinajstić information content (AvgIpc) is 2.65. The van der Waals surface area contributed by atoms with Gasteiger partial charge in [-0.25, -0.2) is 0 Å². The van der Waals surface area contributed by atoms with Crippen molar-refractivity contribution in [3.05, 3.63) is 59.0 Å². The molecule has 2 nitrogen and oxygen atoms in total. The predicted molar refractivity (Wildman–Crippen MR) is 56.2 cm³/mol. The average molecular weight is 208 g/mol. The number of rotatable bonds is 2. The summed E-state index contributed by atoms with van der Waals surface area (Å²) < 4.78 is 4.99. The first-order valence-corrected chi connectivity index (χ1v) is 4.70. The molecule has 2 rings (SSSR count). The SMILES string of the molecule is NC(c1ccccc1)c1ccoc1Cl. The number of benzene rings is 1. The molecule has 0 aliphatic heterocycles. The molecule has 0 spiro atoms. The van der Waals surface area contributed by atoms with Crippen LogP contribution in [0.2, 0.25) is 5.22 Å². The maximum Gasteiger partial charge on any atom is 0.198 e. The normalized spacial score (nSPS) is 12.7. The molecular formula is C11H10ClNO. The summed E-state index contributed by atoms with van der Waals surface area (Å²) in [6, 6.07) is 11.4. The van der Waals surface area contributed by atoms with Gasteiger partial charge in [-0.1, -0.05) is 30.3 Å². The van der Waals surface area contributed by atoms with Gasteiger partial charge in [0.15, 0.2) is 5.22 Å². The van der Waals surface area contributed by atoms with E-state index in [9.17, 15) is 0 Å². The number of nitrogens with two attached hydrogens (primary N) is 1. The molecule has 0 bridgehead atoms. The molecule has 14 heavy (non-hydrogen) atoms. The highest BCUT2D eigenvalue weighted by Crippen LogP contribution is 2.26. The lowest BCUT2D eigenvalue weighted by Gasteiger charge is -2.09. The van der Waals surface area contributed by atoms with Gasteiger partial charge in [-0.2, -0.15) is 0 Å². The van der Waals surface area contributed by atoms with E-state index in [0.717, 1.165) is 11.1 Å². The van der Waals surface area contributed by atoms with Crippen LogP contribution in [0, 0.1) is 0 Å². The third-order valence-corrected chi connectivity index (χ3v) is 2.45. The first kappa shape index (κ1) is 9.31. The standard InChI is InChI=1S/C11H10ClNO/c12-11-9(6-7-14-11)10(13)8-4-2-1-3-5-8/h1-7,10H,13H2. The van der Waals surface area contributed by atoms with Gasteiger partial charge in [0.2, 0.25) is 0 Å². The number of halogens is 1. The van der Waals surface area contributed by atoms with Crippen LogP contribution in [0.25, 0.3) is 0 Å². The lowest BCUT2D eigenvalue weighted by molar-refractivity contribution is 0.564. The molecule has 1 aromatic carbocycles. The molecule has 1 atom stereocenters. The third kappa shape index (κ3) is 1.67. The van der Waals surface area contributed by atoms with Crippen LogP contribution in [0.3, 0.4) is 0 Å². The molecule has 0 aliphatic rings. The van der Waals surface area contributed by atoms with Gasteiger partial charge < -0.3 is 10.2 Å². The molecule has 1 aromatic heterocycles. The summed E-state index contributed by atoms with van der Waals surface area (Å²) in [6.45, 7) is 0. The summed E-state index contributed by atoms with van der Waals surface area (Å²) in [6.07, 6.45) is 1.54. The molecule has 2 N–H and O–H groups in total. The molecule has 0 fully saturated rings. The molecule has 0 aliphatic carbocycles. The topological polar surface area (TPSA) is 39.2 Å². The first-order valence-electron chi connectivity index (χ1n) is 4.32. The number of hydrogen-bond donors (Lipinski definition) is 1. The Hall–Kier alpha value is -1.25. The Morgan fingerprint density at radius 2 is 1.86 bits per heavy atom. The second-order valence-corrected chi connectivity index (χ2v) is 3.38. The molecule has 2 aromatic rings. The molecular weight excluding hydrogens is 198 g/mol. The first-order chi connectivity index (χ1) is 6.79. The zero-order valence-electron chi connectivity index (χ0n) is 7.48. The minimum absolute atomic E-state index is 0.220. The van der Waals surface area contributed by atoms with Crippen molar-refractivity contribution in [2.24, 2.45) is 5.73 Å². The van der Waals surface area contributed by atoms with Gasteiger partial charge in [-0.05, 0) is 23.2 Å². The molecule has 72 valence electrons. The van der Waals surface area contributed by atoms with E-state index in [1.54, 1.807) is 12.3 Å². The monoisotopic (exact) mass is 207 g/mol. The number of furan rings is 1. The van der Waals surface area contributed by atoms with Crippen molar-refractivity contribution < 1.29 is 4.42 Å². The Morgan fingerprint density at radius 1 is 1.14 bits per heavy atom. The largest absolute Gasteiger partial charge is 0.453 e. The summed E-state index contributed by atoms with van der Waals surface area (Å²) in [7, 11) is 0. The Kier molecular flexibility index (Phi) is 2.57. The lowest BCUT2D eigenvalue weighted by Crippen LogP contribution is -2.10. The molecule has 0 amide bonds. The van der Waals surface area contributed by atoms with Gasteiger partial charge in [-0.3, -0.25) is 0 Å². The summed E-state index contributed by atoms with van der Waals surface area (Å²) in [4.78, 5) is 0. The fraction of sp³-hybridized carbons (Fsp3) is 0.0909. The molecule has 0 saturated carbocycles. The van der Waals surface area contributed by atoms with Gasteiger partial charge in [0.25, 0.3) is 0 Å². The molecule has 0 radical (unpaired) electrons. The van der Waals surface area contributed by atoms with E-state index in [-0.39, 0.29) is 6.04 Å². The van der Waals surface area contributed by atoms with Gasteiger partial charge in [0.1, 0.15) is 0 Å². The molecule has 1 heterocycles. The van der Waals surface area contributed by atoms with Crippen LogP contribution in [0.4, 0.5) is 0 Å². The van der Waals surface area contributed by atoms with Crippen molar-refractivity contribution in [3.8, 4) is 0 Å². The number of hydrogen-bond acceptors (Lipinski definition) is 2. The zero-order valence-corrected chi connectivity index (χ0v) is 8.24. The highest BCUT2D eigenvalue weighted by atomic mass is 35.5. The summed E-state index contributed by atoms with van der Waals surface area (Å²) in [5.41, 5.74) is 7.86. The van der Waals surface area contributed by atoms with Gasteiger partial charge in [-0.15, -0.1) is 0 Å². The second-order valence-electron chi connectivity index (χ2n) is 3.04. The van der Waals surface area contributed by atoms with E-state index in [0.29, 0.717) is 5.22 Å². The molecule has 3 heteroatoms. The van der Waals surface area contributed by atoms with Crippen molar-refractivity contribution in [1.29, 1.82) is 0 Å². The van der Waals surface area contributed by atoms with E-state index in [4.69, 9.17) is 21.8 Å². The maximum absolute atomic E-state index is 6.02. The van der Waals surface area contributed by atoms with Crippen molar-refractivity contribution in [3.63, 3.8) is 0 Å². The van der Waals surface area contributed by atoms with Gasteiger partial charge in [0, 0.05) is 5.56 Å². The van der Waals surface area contributed by atoms with Gasteiger partial charge in [0.05, 0.1) is 12.3 Å². The highest BCUT2D eigenvalue weighted by Gasteiger charge is 2.13. The molecule has 1 unspecified atom stereocenters. The van der Waals surface area contributed by atoms with Crippen LogP contribution < -0.4 is 5.73 Å². The van der Waals surface area contributed by atoms with Crippen LogP contribution in [0.1, 0.15) is 17.2 Å². The second kappa shape index (κ2) is 3.86. The highest BCUT2D eigenvalue weighted by molar-refractivity contribution is 6.29. The van der Waals surface area contributed by atoms with Crippen molar-refractivity contribution in [2.75, 3.05) is 0 Å². The van der Waals surface area contributed by atoms with Crippen LogP contribution in [-0.2, 0) is 0 Å². The minimum Gasteiger partial charge on any atom is -0.453 e. The summed E-state index contributed by atoms with van der Waals surface area (Å²) >= 11 is 5.84. The predicted octanol–water partition coefficient (Wildman–Crippen LogP) is 2.98.